The summed E-state index contributed by atoms with van der Waals surface area (Å²) in [5.41, 5.74) is 3.12. The van der Waals surface area contributed by atoms with Crippen molar-refractivity contribution in [1.82, 2.24) is 10.6 Å². The molecule has 174 valence electrons. The zero-order chi connectivity index (χ0) is 22.9. The summed E-state index contributed by atoms with van der Waals surface area (Å²) in [4.78, 5) is 25.5. The Labute approximate surface area is 201 Å². The quantitative estimate of drug-likeness (QED) is 0.310. The predicted molar refractivity (Wildman–Crippen MR) is 138 cm³/mol. The second-order valence-electron chi connectivity index (χ2n) is 7.75. The molecule has 8 heteroatoms. The lowest BCUT2D eigenvalue weighted by atomic mass is 9.98. The molecule has 3 atom stereocenters. The Morgan fingerprint density at radius 1 is 1.28 bits per heavy atom. The van der Waals surface area contributed by atoms with Gasteiger partial charge in [0.1, 0.15) is 6.04 Å². The fraction of sp³-hybridized carbons (Fsp3) is 0.417. The Balaban J connectivity index is 0.00000385. The van der Waals surface area contributed by atoms with Crippen LogP contribution in [0.1, 0.15) is 24.6 Å². The topological polar surface area (TPSA) is 79.5 Å². The molecule has 2 aromatic carbocycles. The number of hydrogen-bond donors (Lipinski definition) is 4. The van der Waals surface area contributed by atoms with E-state index < -0.39 is 12.0 Å². The molecule has 1 aliphatic heterocycles. The minimum Gasteiger partial charge on any atom is -0.467 e. The maximum absolute atomic E-state index is 13.3. The molecule has 1 aliphatic rings. The van der Waals surface area contributed by atoms with E-state index in [4.69, 9.17) is 4.74 Å². The first-order valence-electron chi connectivity index (χ1n) is 10.8. The van der Waals surface area contributed by atoms with Crippen LogP contribution in [0.5, 0.6) is 0 Å². The van der Waals surface area contributed by atoms with Gasteiger partial charge in [0.25, 0.3) is 5.91 Å². The van der Waals surface area contributed by atoms with E-state index in [1.165, 1.54) is 7.11 Å². The standard InChI is InChI=1S/C24H31N3O3S2.H2/c1-30-24(29)20(11-13-32-2)27-23(28)19-14-17(26-15-21-22(31)10-12-25-21)8-9-18(19)16-6-4-3-5-7-16;/h3-9,14,20-22,25-26,31H,10-13,15H2,1-2H3,(H,27,28);1H/t20-,21?,22?;/m0./s1. The summed E-state index contributed by atoms with van der Waals surface area (Å²) in [6.07, 6.45) is 3.52. The van der Waals surface area contributed by atoms with Crippen LogP contribution in [-0.2, 0) is 9.53 Å². The molecule has 0 aliphatic carbocycles. The van der Waals surface area contributed by atoms with Gasteiger partial charge in [0.2, 0.25) is 0 Å². The van der Waals surface area contributed by atoms with Crippen molar-refractivity contribution in [2.24, 2.45) is 0 Å². The Kier molecular flexibility index (Phi) is 9.32. The predicted octanol–water partition coefficient (Wildman–Crippen LogP) is 3.70. The molecule has 1 amide bonds. The van der Waals surface area contributed by atoms with Crippen LogP contribution in [0.4, 0.5) is 5.69 Å². The Hall–Kier alpha value is -2.16. The summed E-state index contributed by atoms with van der Waals surface area (Å²) in [6.45, 7) is 1.69. The second kappa shape index (κ2) is 12.2. The third kappa shape index (κ3) is 6.43. The Morgan fingerprint density at radius 2 is 2.06 bits per heavy atom. The number of amides is 1. The number of thioether (sulfide) groups is 1. The molecule has 3 rings (SSSR count). The molecule has 0 spiro atoms. The number of anilines is 1. The lowest BCUT2D eigenvalue weighted by Gasteiger charge is -2.20. The molecule has 32 heavy (non-hydrogen) atoms. The van der Waals surface area contributed by atoms with E-state index in [2.05, 4.69) is 28.6 Å². The minimum atomic E-state index is -0.687. The van der Waals surface area contributed by atoms with Gasteiger partial charge in [-0.3, -0.25) is 4.79 Å². The number of benzene rings is 2. The monoisotopic (exact) mass is 475 g/mol. The smallest absolute Gasteiger partial charge is 0.328 e. The van der Waals surface area contributed by atoms with Gasteiger partial charge in [-0.15, -0.1) is 0 Å². The van der Waals surface area contributed by atoms with Crippen molar-refractivity contribution >= 4 is 42.0 Å². The van der Waals surface area contributed by atoms with Gasteiger partial charge in [-0.2, -0.15) is 24.4 Å². The number of esters is 1. The highest BCUT2D eigenvalue weighted by Gasteiger charge is 2.25. The lowest BCUT2D eigenvalue weighted by Crippen LogP contribution is -2.42. The first-order valence-corrected chi connectivity index (χ1v) is 12.7. The van der Waals surface area contributed by atoms with E-state index >= 15 is 0 Å². The number of hydrogen-bond acceptors (Lipinski definition) is 7. The van der Waals surface area contributed by atoms with E-state index in [-0.39, 0.29) is 13.4 Å². The molecule has 3 N–H and O–H groups in total. The molecule has 1 heterocycles. The van der Waals surface area contributed by atoms with Gasteiger partial charge in [0, 0.05) is 30.5 Å². The van der Waals surface area contributed by atoms with Crippen LogP contribution in [0.2, 0.25) is 0 Å². The number of methoxy groups -OCH3 is 1. The van der Waals surface area contributed by atoms with Crippen molar-refractivity contribution < 1.29 is 15.8 Å². The highest BCUT2D eigenvalue weighted by atomic mass is 32.2. The number of rotatable bonds is 10. The number of ether oxygens (including phenoxy) is 1. The van der Waals surface area contributed by atoms with Crippen LogP contribution >= 0.6 is 24.4 Å². The SMILES string of the molecule is COC(=O)[C@H](CCSC)NC(=O)c1cc(NCC2NCCC2S)ccc1-c1ccccc1.[HH]. The van der Waals surface area contributed by atoms with Gasteiger partial charge in [0.05, 0.1) is 7.11 Å². The van der Waals surface area contributed by atoms with Crippen molar-refractivity contribution in [3.05, 3.63) is 54.1 Å². The highest BCUT2D eigenvalue weighted by molar-refractivity contribution is 7.98. The average molecular weight is 476 g/mol. The summed E-state index contributed by atoms with van der Waals surface area (Å²) in [7, 11) is 1.34. The lowest BCUT2D eigenvalue weighted by molar-refractivity contribution is -0.142. The molecule has 0 aromatic heterocycles. The minimum absolute atomic E-state index is 0. The maximum Gasteiger partial charge on any atom is 0.328 e. The Bertz CT molecular complexity index is 917. The first kappa shape index (κ1) is 24.5. The fourth-order valence-corrected chi connectivity index (χ4v) is 4.58. The maximum atomic E-state index is 13.3. The molecular formula is C24H33N3O3S2. The van der Waals surface area contributed by atoms with Crippen molar-refractivity contribution in [2.75, 3.05) is 37.5 Å². The van der Waals surface area contributed by atoms with E-state index in [0.29, 0.717) is 17.2 Å². The third-order valence-corrected chi connectivity index (χ3v) is 6.85. The summed E-state index contributed by atoms with van der Waals surface area (Å²) >= 11 is 6.25. The molecular weight excluding hydrogens is 442 g/mol. The van der Waals surface area contributed by atoms with Crippen LogP contribution in [0.3, 0.4) is 0 Å². The second-order valence-corrected chi connectivity index (χ2v) is 9.40. The van der Waals surface area contributed by atoms with Crippen LogP contribution in [0, 0.1) is 0 Å². The van der Waals surface area contributed by atoms with E-state index in [9.17, 15) is 9.59 Å². The summed E-state index contributed by atoms with van der Waals surface area (Å²) in [6, 6.07) is 15.1. The molecule has 0 radical (unpaired) electrons. The molecule has 2 unspecified atom stereocenters. The van der Waals surface area contributed by atoms with Gasteiger partial charge < -0.3 is 20.7 Å². The zero-order valence-electron chi connectivity index (χ0n) is 18.5. The van der Waals surface area contributed by atoms with E-state index in [0.717, 1.165) is 42.1 Å². The van der Waals surface area contributed by atoms with Crippen molar-refractivity contribution in [2.45, 2.75) is 30.2 Å². The molecule has 2 aromatic rings. The van der Waals surface area contributed by atoms with E-state index in [1.54, 1.807) is 11.8 Å². The summed E-state index contributed by atoms with van der Waals surface area (Å²) in [5.74, 6) is 0.0112. The number of nitrogens with one attached hydrogen (secondary N) is 3. The normalized spacial score (nSPS) is 18.7. The number of thiol groups is 1. The van der Waals surface area contributed by atoms with Crippen molar-refractivity contribution in [1.29, 1.82) is 0 Å². The van der Waals surface area contributed by atoms with Crippen LogP contribution < -0.4 is 16.0 Å². The summed E-state index contributed by atoms with van der Waals surface area (Å²) < 4.78 is 4.90. The van der Waals surface area contributed by atoms with E-state index in [1.807, 2.05) is 54.8 Å². The molecule has 1 fully saturated rings. The van der Waals surface area contributed by atoms with Crippen LogP contribution in [-0.4, -0.2) is 61.4 Å². The van der Waals surface area contributed by atoms with Gasteiger partial charge in [-0.25, -0.2) is 4.79 Å². The van der Waals surface area contributed by atoms with Crippen molar-refractivity contribution in [3.8, 4) is 11.1 Å². The first-order chi connectivity index (χ1) is 15.5. The number of carbonyl (C=O) groups excluding carboxylic acids is 2. The molecule has 0 saturated carbocycles. The van der Waals surface area contributed by atoms with Crippen molar-refractivity contribution in [3.63, 3.8) is 0 Å². The average Bonchev–Trinajstić information content (AvgIpc) is 3.24. The molecule has 1 saturated heterocycles. The molecule has 6 nitrogen and oxygen atoms in total. The fourth-order valence-electron chi connectivity index (χ4n) is 3.76. The van der Waals surface area contributed by atoms with Gasteiger partial charge in [-0.1, -0.05) is 36.4 Å². The van der Waals surface area contributed by atoms with Gasteiger partial charge >= 0.3 is 5.97 Å². The van der Waals surface area contributed by atoms with Gasteiger partial charge in [0.15, 0.2) is 0 Å². The summed E-state index contributed by atoms with van der Waals surface area (Å²) in [5, 5.41) is 10.1. The number of carbonyl (C=O) groups is 2. The molecule has 0 bridgehead atoms. The van der Waals surface area contributed by atoms with Crippen LogP contribution in [0.25, 0.3) is 11.1 Å². The largest absolute Gasteiger partial charge is 0.467 e. The van der Waals surface area contributed by atoms with Crippen LogP contribution in [0.15, 0.2) is 48.5 Å². The Morgan fingerprint density at radius 3 is 2.72 bits per heavy atom. The highest BCUT2D eigenvalue weighted by Crippen LogP contribution is 2.27. The zero-order valence-corrected chi connectivity index (χ0v) is 20.2. The van der Waals surface area contributed by atoms with Gasteiger partial charge in [-0.05, 0) is 54.7 Å². The third-order valence-electron chi connectivity index (χ3n) is 5.59.